The number of carboxylic acids is 1. The van der Waals surface area contributed by atoms with Crippen LogP contribution in [0, 0.1) is 10.5 Å². The first-order chi connectivity index (χ1) is 11.2. The quantitative estimate of drug-likeness (QED) is 0.675. The molecular weight excluding hydrogens is 441 g/mol. The predicted octanol–water partition coefficient (Wildman–Crippen LogP) is 2.92. The van der Waals surface area contributed by atoms with Gasteiger partial charge in [0, 0.05) is 10.6 Å². The van der Waals surface area contributed by atoms with Gasteiger partial charge in [-0.15, -0.1) is 0 Å². The highest BCUT2D eigenvalue weighted by Gasteiger charge is 2.32. The number of aliphatic carboxylic acids is 1. The molecule has 2 aromatic rings. The highest BCUT2D eigenvalue weighted by molar-refractivity contribution is 14.1. The van der Waals surface area contributed by atoms with Gasteiger partial charge in [-0.1, -0.05) is 29.8 Å². The van der Waals surface area contributed by atoms with Crippen LogP contribution in [0.1, 0.15) is 11.1 Å². The highest BCUT2D eigenvalue weighted by atomic mass is 127. The van der Waals surface area contributed by atoms with Crippen molar-refractivity contribution in [3.8, 4) is 0 Å². The van der Waals surface area contributed by atoms with Crippen LogP contribution in [-0.4, -0.2) is 36.9 Å². The summed E-state index contributed by atoms with van der Waals surface area (Å²) in [4.78, 5) is 11.7. The minimum absolute atomic E-state index is 0.0875. The van der Waals surface area contributed by atoms with Gasteiger partial charge in [-0.3, -0.25) is 4.79 Å². The molecule has 2 rings (SSSR count). The van der Waals surface area contributed by atoms with E-state index in [1.807, 2.05) is 31.2 Å². The Morgan fingerprint density at radius 1 is 1.12 bits per heavy atom. The van der Waals surface area contributed by atoms with Gasteiger partial charge in [0.05, 0.1) is 4.90 Å². The summed E-state index contributed by atoms with van der Waals surface area (Å²) in [6.07, 6.45) is 0.105. The molecule has 0 saturated carbocycles. The molecule has 128 valence electrons. The maximum absolute atomic E-state index is 12.7. The van der Waals surface area contributed by atoms with Gasteiger partial charge in [-0.05, 0) is 65.8 Å². The Hall–Kier alpha value is -1.45. The van der Waals surface area contributed by atoms with Crippen LogP contribution in [0.3, 0.4) is 0 Å². The number of benzene rings is 2. The third-order valence-corrected chi connectivity index (χ3v) is 6.36. The van der Waals surface area contributed by atoms with E-state index in [0.717, 1.165) is 19.0 Å². The lowest BCUT2D eigenvalue weighted by atomic mass is 10.1. The summed E-state index contributed by atoms with van der Waals surface area (Å²) in [5, 5.41) is 9.51. The molecule has 0 radical (unpaired) electrons. The SMILES string of the molecule is Cc1ccc(S(=O)(=O)N(C)[C@H](Cc2ccc(I)cc2)C(=O)O)cc1. The molecule has 0 heterocycles. The zero-order chi connectivity index (χ0) is 17.9. The smallest absolute Gasteiger partial charge is 0.322 e. The Bertz CT molecular complexity index is 817. The van der Waals surface area contributed by atoms with Crippen LogP contribution < -0.4 is 0 Å². The van der Waals surface area contributed by atoms with Crippen LogP contribution in [-0.2, 0) is 21.2 Å². The lowest BCUT2D eigenvalue weighted by Gasteiger charge is -2.24. The third-order valence-electron chi connectivity index (χ3n) is 3.76. The van der Waals surface area contributed by atoms with Crippen molar-refractivity contribution in [2.45, 2.75) is 24.3 Å². The van der Waals surface area contributed by atoms with Crippen molar-refractivity contribution in [3.63, 3.8) is 0 Å². The van der Waals surface area contributed by atoms with Crippen molar-refractivity contribution in [1.29, 1.82) is 0 Å². The van der Waals surface area contributed by atoms with Gasteiger partial charge in [0.1, 0.15) is 6.04 Å². The summed E-state index contributed by atoms with van der Waals surface area (Å²) >= 11 is 2.16. The first kappa shape index (κ1) is 18.9. The second-order valence-electron chi connectivity index (χ2n) is 5.52. The summed E-state index contributed by atoms with van der Waals surface area (Å²) in [7, 11) is -2.57. The second kappa shape index (κ2) is 7.62. The molecule has 0 unspecified atom stereocenters. The van der Waals surface area contributed by atoms with Gasteiger partial charge in [0.15, 0.2) is 0 Å². The number of aryl methyl sites for hydroxylation is 1. The number of hydrogen-bond donors (Lipinski definition) is 1. The monoisotopic (exact) mass is 459 g/mol. The fourth-order valence-electron chi connectivity index (χ4n) is 2.26. The number of rotatable bonds is 6. The van der Waals surface area contributed by atoms with E-state index in [1.54, 1.807) is 12.1 Å². The molecule has 0 aromatic heterocycles. The molecule has 7 heteroatoms. The largest absolute Gasteiger partial charge is 0.480 e. The molecular formula is C17H18INO4S. The maximum atomic E-state index is 12.7. The molecule has 0 spiro atoms. The fourth-order valence-corrected chi connectivity index (χ4v) is 3.93. The van der Waals surface area contributed by atoms with Gasteiger partial charge >= 0.3 is 5.97 Å². The topological polar surface area (TPSA) is 74.7 Å². The van der Waals surface area contributed by atoms with Crippen molar-refractivity contribution in [3.05, 3.63) is 63.2 Å². The van der Waals surface area contributed by atoms with Crippen molar-refractivity contribution in [1.82, 2.24) is 4.31 Å². The molecule has 24 heavy (non-hydrogen) atoms. The van der Waals surface area contributed by atoms with E-state index in [0.29, 0.717) is 0 Å². The summed E-state index contributed by atoms with van der Waals surface area (Å²) < 4.78 is 27.4. The Labute approximate surface area is 155 Å². The summed E-state index contributed by atoms with van der Waals surface area (Å²) in [6.45, 7) is 1.86. The molecule has 1 N–H and O–H groups in total. The number of nitrogens with zero attached hydrogens (tertiary/aromatic N) is 1. The van der Waals surface area contributed by atoms with Crippen molar-refractivity contribution >= 4 is 38.6 Å². The van der Waals surface area contributed by atoms with E-state index in [4.69, 9.17) is 0 Å². The van der Waals surface area contributed by atoms with Crippen molar-refractivity contribution in [2.75, 3.05) is 7.05 Å². The lowest BCUT2D eigenvalue weighted by Crippen LogP contribution is -2.43. The third kappa shape index (κ3) is 4.34. The molecule has 0 aliphatic carbocycles. The Morgan fingerprint density at radius 3 is 2.17 bits per heavy atom. The van der Waals surface area contributed by atoms with Crippen LogP contribution in [0.2, 0.25) is 0 Å². The van der Waals surface area contributed by atoms with E-state index >= 15 is 0 Å². The molecule has 1 atom stereocenters. The molecule has 0 amide bonds. The van der Waals surface area contributed by atoms with E-state index in [1.165, 1.54) is 19.2 Å². The lowest BCUT2D eigenvalue weighted by molar-refractivity contribution is -0.141. The molecule has 0 saturated heterocycles. The van der Waals surface area contributed by atoms with Crippen LogP contribution in [0.25, 0.3) is 0 Å². The average Bonchev–Trinajstić information content (AvgIpc) is 2.53. The van der Waals surface area contributed by atoms with Gasteiger partial charge in [0.2, 0.25) is 10.0 Å². The number of likely N-dealkylation sites (N-methyl/N-ethyl adjacent to an activating group) is 1. The Kier molecular flexibility index (Phi) is 6.00. The van der Waals surface area contributed by atoms with Crippen LogP contribution in [0.4, 0.5) is 0 Å². The van der Waals surface area contributed by atoms with E-state index in [9.17, 15) is 18.3 Å². The predicted molar refractivity (Wildman–Crippen MR) is 100 cm³/mol. The number of sulfonamides is 1. The maximum Gasteiger partial charge on any atom is 0.322 e. The van der Waals surface area contributed by atoms with Gasteiger partial charge in [-0.2, -0.15) is 4.31 Å². The molecule has 0 aliphatic rings. The Morgan fingerprint density at radius 2 is 1.67 bits per heavy atom. The van der Waals surface area contributed by atoms with E-state index < -0.39 is 22.0 Å². The van der Waals surface area contributed by atoms with E-state index in [-0.39, 0.29) is 11.3 Å². The van der Waals surface area contributed by atoms with Crippen LogP contribution >= 0.6 is 22.6 Å². The summed E-state index contributed by atoms with van der Waals surface area (Å²) in [6, 6.07) is 12.5. The van der Waals surface area contributed by atoms with Gasteiger partial charge in [-0.25, -0.2) is 8.42 Å². The minimum Gasteiger partial charge on any atom is -0.480 e. The zero-order valence-electron chi connectivity index (χ0n) is 13.3. The van der Waals surface area contributed by atoms with Crippen molar-refractivity contribution in [2.24, 2.45) is 0 Å². The molecule has 0 fully saturated rings. The number of carboxylic acid groups (broad SMARTS) is 1. The average molecular weight is 459 g/mol. The first-order valence-electron chi connectivity index (χ1n) is 7.24. The van der Waals surface area contributed by atoms with Crippen LogP contribution in [0.15, 0.2) is 53.4 Å². The van der Waals surface area contributed by atoms with Gasteiger partial charge < -0.3 is 5.11 Å². The van der Waals surface area contributed by atoms with Gasteiger partial charge in [0.25, 0.3) is 0 Å². The van der Waals surface area contributed by atoms with Crippen LogP contribution in [0.5, 0.6) is 0 Å². The fraction of sp³-hybridized carbons (Fsp3) is 0.235. The normalized spacial score (nSPS) is 13.0. The molecule has 0 aliphatic heterocycles. The second-order valence-corrected chi connectivity index (χ2v) is 8.76. The molecule has 2 aromatic carbocycles. The summed E-state index contributed by atoms with van der Waals surface area (Å²) in [5.74, 6) is -1.17. The number of carbonyl (C=O) groups is 1. The van der Waals surface area contributed by atoms with E-state index in [2.05, 4.69) is 22.6 Å². The minimum atomic E-state index is -3.88. The van der Waals surface area contributed by atoms with Crippen molar-refractivity contribution < 1.29 is 18.3 Å². The zero-order valence-corrected chi connectivity index (χ0v) is 16.3. The Balaban J connectivity index is 2.31. The highest BCUT2D eigenvalue weighted by Crippen LogP contribution is 2.20. The molecule has 0 bridgehead atoms. The number of hydrogen-bond acceptors (Lipinski definition) is 3. The number of halogens is 1. The molecule has 5 nitrogen and oxygen atoms in total. The standard InChI is InChI=1S/C17H18INO4S/c1-12-3-9-15(10-4-12)24(22,23)19(2)16(17(20)21)11-13-5-7-14(18)8-6-13/h3-10,16H,11H2,1-2H3,(H,20,21)/t16-/m1/s1. The summed E-state index contributed by atoms with van der Waals surface area (Å²) in [5.41, 5.74) is 1.71. The first-order valence-corrected chi connectivity index (χ1v) is 9.75.